The molecular weight excluding hydrogens is 134 g/mol. The van der Waals surface area contributed by atoms with Gasteiger partial charge in [-0.05, 0) is 6.42 Å². The van der Waals surface area contributed by atoms with E-state index in [2.05, 4.69) is 5.43 Å². The molecule has 3 N–H and O–H groups in total. The Kier molecular flexibility index (Phi) is 4.78. The molecule has 10 heavy (non-hydrogen) atoms. The van der Waals surface area contributed by atoms with Crippen molar-refractivity contribution < 1.29 is 4.92 Å². The summed E-state index contributed by atoms with van der Waals surface area (Å²) in [7, 11) is 0. The Balaban J connectivity index is 3.50. The fraction of sp³-hybridized carbons (Fsp3) is 1.00. The lowest BCUT2D eigenvalue weighted by molar-refractivity contribution is -0.530. The molecule has 0 fully saturated rings. The maximum Gasteiger partial charge on any atom is 0.277 e. The van der Waals surface area contributed by atoms with Crippen LogP contribution in [0.15, 0.2) is 0 Å². The Bertz CT molecular complexity index is 107. The summed E-state index contributed by atoms with van der Waals surface area (Å²) in [6, 6.07) is 0. The zero-order chi connectivity index (χ0) is 7.98. The lowest BCUT2D eigenvalue weighted by atomic mass is 10.2. The molecule has 0 aliphatic carbocycles. The molecule has 0 spiro atoms. The van der Waals surface area contributed by atoms with Crippen LogP contribution in [0, 0.1) is 10.1 Å². The molecule has 0 saturated carbocycles. The Hall–Kier alpha value is -0.680. The van der Waals surface area contributed by atoms with Crippen molar-refractivity contribution in [1.29, 1.82) is 0 Å². The number of nitrogens with zero attached hydrogens (tertiary/aromatic N) is 1. The lowest BCUT2D eigenvalue weighted by Gasteiger charge is -2.05. The van der Waals surface area contributed by atoms with Crippen LogP contribution >= 0.6 is 0 Å². The first-order valence-electron chi connectivity index (χ1n) is 3.32. The van der Waals surface area contributed by atoms with Crippen molar-refractivity contribution in [2.45, 2.75) is 32.4 Å². The predicted molar refractivity (Wildman–Crippen MR) is 37.6 cm³/mol. The maximum atomic E-state index is 10.1. The van der Waals surface area contributed by atoms with Crippen molar-refractivity contribution in [2.75, 3.05) is 0 Å². The Morgan fingerprint density at radius 1 is 1.80 bits per heavy atom. The van der Waals surface area contributed by atoms with E-state index in [9.17, 15) is 10.1 Å². The Labute approximate surface area is 59.7 Å². The average molecular weight is 147 g/mol. The summed E-state index contributed by atoms with van der Waals surface area (Å²) in [6.45, 7) is 1.98. The van der Waals surface area contributed by atoms with Crippen molar-refractivity contribution in [3.05, 3.63) is 10.1 Å². The van der Waals surface area contributed by atoms with Crippen LogP contribution in [-0.4, -0.2) is 11.1 Å². The van der Waals surface area contributed by atoms with Crippen molar-refractivity contribution in [3.8, 4) is 0 Å². The van der Waals surface area contributed by atoms with Crippen LogP contribution < -0.4 is 11.3 Å². The van der Waals surface area contributed by atoms with Crippen LogP contribution in [0.1, 0.15) is 26.2 Å². The van der Waals surface area contributed by atoms with E-state index in [1.54, 1.807) is 0 Å². The summed E-state index contributed by atoms with van der Waals surface area (Å²) in [5.41, 5.74) is 2.14. The SMILES string of the molecule is CCCCC(NN)[N+](=O)[O-]. The van der Waals surface area contributed by atoms with Crippen LogP contribution in [0.4, 0.5) is 0 Å². The van der Waals surface area contributed by atoms with E-state index in [1.165, 1.54) is 0 Å². The molecule has 0 rings (SSSR count). The summed E-state index contributed by atoms with van der Waals surface area (Å²) >= 11 is 0. The normalized spacial score (nSPS) is 13.0. The second-order valence-corrected chi connectivity index (χ2v) is 2.11. The third-order valence-corrected chi connectivity index (χ3v) is 1.28. The molecule has 5 nitrogen and oxygen atoms in total. The minimum atomic E-state index is -0.778. The highest BCUT2D eigenvalue weighted by molar-refractivity contribution is 4.47. The van der Waals surface area contributed by atoms with Gasteiger partial charge in [0.05, 0.1) is 0 Å². The van der Waals surface area contributed by atoms with E-state index >= 15 is 0 Å². The molecule has 1 atom stereocenters. The zero-order valence-corrected chi connectivity index (χ0v) is 6.04. The molecule has 60 valence electrons. The van der Waals surface area contributed by atoms with Crippen LogP contribution in [-0.2, 0) is 0 Å². The highest BCUT2D eigenvalue weighted by Crippen LogP contribution is 1.99. The summed E-state index contributed by atoms with van der Waals surface area (Å²) < 4.78 is 0. The number of hydrazine groups is 1. The number of nitro groups is 1. The monoisotopic (exact) mass is 147 g/mol. The number of hydrogen-bond acceptors (Lipinski definition) is 4. The smallest absolute Gasteiger partial charge is 0.266 e. The first-order chi connectivity index (χ1) is 4.72. The van der Waals surface area contributed by atoms with Gasteiger partial charge < -0.3 is 0 Å². The highest BCUT2D eigenvalue weighted by Gasteiger charge is 2.15. The molecule has 1 unspecified atom stereocenters. The lowest BCUT2D eigenvalue weighted by Crippen LogP contribution is -2.40. The molecule has 0 saturated heterocycles. The average Bonchev–Trinajstić information content (AvgIpc) is 1.89. The second-order valence-electron chi connectivity index (χ2n) is 2.11. The van der Waals surface area contributed by atoms with E-state index in [-0.39, 0.29) is 0 Å². The molecule has 0 amide bonds. The summed E-state index contributed by atoms with van der Waals surface area (Å²) in [6.07, 6.45) is 1.50. The molecule has 0 aliphatic rings. The zero-order valence-electron chi connectivity index (χ0n) is 6.04. The van der Waals surface area contributed by atoms with Crippen LogP contribution in [0.25, 0.3) is 0 Å². The number of unbranched alkanes of at least 4 members (excludes halogenated alkanes) is 1. The predicted octanol–water partition coefficient (Wildman–Crippen LogP) is 0.243. The first-order valence-corrected chi connectivity index (χ1v) is 3.32. The van der Waals surface area contributed by atoms with Crippen molar-refractivity contribution >= 4 is 0 Å². The second kappa shape index (κ2) is 5.13. The van der Waals surface area contributed by atoms with Gasteiger partial charge in [-0.2, -0.15) is 5.43 Å². The summed E-state index contributed by atoms with van der Waals surface area (Å²) in [4.78, 5) is 9.69. The van der Waals surface area contributed by atoms with Crippen LogP contribution in [0.5, 0.6) is 0 Å². The molecule has 5 heteroatoms. The van der Waals surface area contributed by atoms with Gasteiger partial charge in [0.1, 0.15) is 0 Å². The molecular formula is C5H13N3O2. The molecule has 0 aromatic carbocycles. The molecule has 0 aromatic heterocycles. The summed E-state index contributed by atoms with van der Waals surface area (Å²) in [5, 5.41) is 10.1. The van der Waals surface area contributed by atoms with E-state index in [4.69, 9.17) is 5.84 Å². The third-order valence-electron chi connectivity index (χ3n) is 1.28. The van der Waals surface area contributed by atoms with E-state index in [1.807, 2.05) is 6.92 Å². The summed E-state index contributed by atoms with van der Waals surface area (Å²) in [5.74, 6) is 4.92. The minimum Gasteiger partial charge on any atom is -0.266 e. The maximum absolute atomic E-state index is 10.1. The van der Waals surface area contributed by atoms with Gasteiger partial charge in [-0.1, -0.05) is 13.3 Å². The number of rotatable bonds is 5. The van der Waals surface area contributed by atoms with Crippen molar-refractivity contribution in [2.24, 2.45) is 5.84 Å². The molecule has 0 aliphatic heterocycles. The van der Waals surface area contributed by atoms with E-state index < -0.39 is 11.1 Å². The van der Waals surface area contributed by atoms with E-state index in [0.717, 1.165) is 12.8 Å². The Morgan fingerprint density at radius 2 is 2.40 bits per heavy atom. The highest BCUT2D eigenvalue weighted by atomic mass is 16.6. The quantitative estimate of drug-likeness (QED) is 0.252. The minimum absolute atomic E-state index is 0.407. The van der Waals surface area contributed by atoms with Gasteiger partial charge in [0.15, 0.2) is 0 Å². The van der Waals surface area contributed by atoms with Gasteiger partial charge in [0.25, 0.3) is 6.17 Å². The van der Waals surface area contributed by atoms with Gasteiger partial charge in [0.2, 0.25) is 0 Å². The van der Waals surface area contributed by atoms with Gasteiger partial charge in [-0.25, -0.2) is 0 Å². The van der Waals surface area contributed by atoms with Crippen molar-refractivity contribution in [3.63, 3.8) is 0 Å². The van der Waals surface area contributed by atoms with E-state index in [0.29, 0.717) is 6.42 Å². The first kappa shape index (κ1) is 9.32. The van der Waals surface area contributed by atoms with Gasteiger partial charge in [0, 0.05) is 11.3 Å². The standard InChI is InChI=1S/C5H13N3O2/c1-2-3-4-5(7-6)8(9)10/h5,7H,2-4,6H2,1H3. The fourth-order valence-corrected chi connectivity index (χ4v) is 0.647. The number of nitrogens with two attached hydrogens (primary N) is 1. The molecule has 0 bridgehead atoms. The largest absolute Gasteiger partial charge is 0.277 e. The number of nitrogens with one attached hydrogen (secondary N) is 1. The fourth-order valence-electron chi connectivity index (χ4n) is 0.647. The van der Waals surface area contributed by atoms with Crippen LogP contribution in [0.3, 0.4) is 0 Å². The molecule has 0 radical (unpaired) electrons. The Morgan fingerprint density at radius 3 is 2.70 bits per heavy atom. The van der Waals surface area contributed by atoms with Gasteiger partial charge >= 0.3 is 0 Å². The topological polar surface area (TPSA) is 81.2 Å². The molecule has 0 aromatic rings. The van der Waals surface area contributed by atoms with Crippen LogP contribution in [0.2, 0.25) is 0 Å². The number of hydrogen-bond donors (Lipinski definition) is 2. The van der Waals surface area contributed by atoms with Gasteiger partial charge in [-0.3, -0.25) is 16.0 Å². The molecule has 0 heterocycles. The van der Waals surface area contributed by atoms with Crippen molar-refractivity contribution in [1.82, 2.24) is 5.43 Å². The van der Waals surface area contributed by atoms with Gasteiger partial charge in [-0.15, -0.1) is 0 Å². The third kappa shape index (κ3) is 3.37.